The molecule has 1 heterocycles. The molecule has 0 saturated carbocycles. The fourth-order valence-electron chi connectivity index (χ4n) is 1.09. The predicted octanol–water partition coefficient (Wildman–Crippen LogP) is 1.79. The molecule has 1 N–H and O–H groups in total. The van der Waals surface area contributed by atoms with Crippen molar-refractivity contribution in [3.05, 3.63) is 24.4 Å². The molecule has 1 aromatic rings. The lowest BCUT2D eigenvalue weighted by Crippen LogP contribution is -2.15. The molecule has 0 saturated heterocycles. The van der Waals surface area contributed by atoms with E-state index in [1.807, 2.05) is 0 Å². The molecule has 1 amide bonds. The van der Waals surface area contributed by atoms with E-state index in [4.69, 9.17) is 4.74 Å². The lowest BCUT2D eigenvalue weighted by molar-refractivity contribution is -0.144. The van der Waals surface area contributed by atoms with E-state index in [2.05, 4.69) is 10.3 Å². The summed E-state index contributed by atoms with van der Waals surface area (Å²) in [6.45, 7) is 2.06. The normalized spacial score (nSPS) is 9.00. The summed E-state index contributed by atoms with van der Waals surface area (Å²) in [6.07, 6.45) is 1.78. The number of halogens is 1. The first-order chi connectivity index (χ1) is 7.72. The molecule has 6 heteroatoms. The van der Waals surface area contributed by atoms with Crippen molar-refractivity contribution in [3.8, 4) is 0 Å². The number of amides is 1. The third-order valence-corrected chi connectivity index (χ3v) is 1.79. The van der Waals surface area contributed by atoms with Crippen LogP contribution in [0.4, 0.5) is 5.82 Å². The van der Waals surface area contributed by atoms with E-state index in [1.54, 1.807) is 31.3 Å². The maximum Gasteiger partial charge on any atom is 0.306 e. The summed E-state index contributed by atoms with van der Waals surface area (Å²) in [5.41, 5.74) is 0. The van der Waals surface area contributed by atoms with E-state index in [0.29, 0.717) is 12.4 Å². The Morgan fingerprint density at radius 1 is 1.35 bits per heavy atom. The Bertz CT molecular complexity index is 357. The largest absolute Gasteiger partial charge is 0.466 e. The second-order valence-corrected chi connectivity index (χ2v) is 3.07. The van der Waals surface area contributed by atoms with Gasteiger partial charge in [0.25, 0.3) is 0 Å². The number of hydrogen-bond donors (Lipinski definition) is 1. The van der Waals surface area contributed by atoms with Gasteiger partial charge in [0.2, 0.25) is 5.91 Å². The number of ether oxygens (including phenoxy) is 1. The first-order valence-corrected chi connectivity index (χ1v) is 5.09. The number of anilines is 1. The molecule has 0 spiro atoms. The first-order valence-electron chi connectivity index (χ1n) is 5.09. The van der Waals surface area contributed by atoms with Crippen molar-refractivity contribution < 1.29 is 14.3 Å². The number of pyridine rings is 1. The molecule has 0 bridgehead atoms. The highest BCUT2D eigenvalue weighted by Crippen LogP contribution is 2.02. The van der Waals surface area contributed by atoms with Crippen LogP contribution < -0.4 is 5.32 Å². The molecule has 0 unspecified atom stereocenters. The number of aromatic nitrogens is 1. The number of carbonyl (C=O) groups excluding carboxylic acids is 2. The fraction of sp³-hybridized carbons (Fsp3) is 0.364. The summed E-state index contributed by atoms with van der Waals surface area (Å²) < 4.78 is 4.71. The summed E-state index contributed by atoms with van der Waals surface area (Å²) in [5, 5.41) is 2.58. The highest BCUT2D eigenvalue weighted by molar-refractivity contribution is 5.91. The summed E-state index contributed by atoms with van der Waals surface area (Å²) in [7, 11) is 0. The third kappa shape index (κ3) is 6.52. The van der Waals surface area contributed by atoms with E-state index >= 15 is 0 Å². The van der Waals surface area contributed by atoms with Crippen LogP contribution in [-0.2, 0) is 14.3 Å². The van der Waals surface area contributed by atoms with Gasteiger partial charge >= 0.3 is 5.97 Å². The number of rotatable bonds is 5. The Morgan fingerprint density at radius 3 is 2.71 bits per heavy atom. The molecule has 94 valence electrons. The van der Waals surface area contributed by atoms with Crippen LogP contribution in [0.3, 0.4) is 0 Å². The lowest BCUT2D eigenvalue weighted by Gasteiger charge is -2.03. The predicted molar refractivity (Wildman–Crippen MR) is 66.0 cm³/mol. The Kier molecular flexibility index (Phi) is 7.71. The van der Waals surface area contributed by atoms with Crippen LogP contribution in [0.5, 0.6) is 0 Å². The van der Waals surface area contributed by atoms with Crippen molar-refractivity contribution in [2.24, 2.45) is 0 Å². The van der Waals surface area contributed by atoms with Crippen LogP contribution in [0.25, 0.3) is 0 Å². The molecule has 1 rings (SSSR count). The molecule has 0 aliphatic rings. The molecular weight excluding hydrogens is 244 g/mol. The maximum atomic E-state index is 11.4. The van der Waals surface area contributed by atoms with Crippen molar-refractivity contribution >= 4 is 30.1 Å². The standard InChI is InChI=1S/C11H14N2O3.ClH/c1-2-16-11(15)7-6-10(14)13-9-5-3-4-8-12-9;/h3-5,8H,2,6-7H2,1H3,(H,12,13,14);1H. The summed E-state index contributed by atoms with van der Waals surface area (Å²) >= 11 is 0. The van der Waals surface area contributed by atoms with E-state index in [9.17, 15) is 9.59 Å². The van der Waals surface area contributed by atoms with Crippen LogP contribution in [0.1, 0.15) is 19.8 Å². The molecule has 17 heavy (non-hydrogen) atoms. The molecule has 1 aromatic heterocycles. The van der Waals surface area contributed by atoms with Crippen LogP contribution in [0, 0.1) is 0 Å². The quantitative estimate of drug-likeness (QED) is 0.818. The summed E-state index contributed by atoms with van der Waals surface area (Å²) in [5.74, 6) is -0.123. The smallest absolute Gasteiger partial charge is 0.306 e. The van der Waals surface area contributed by atoms with Gasteiger partial charge in [-0.15, -0.1) is 12.4 Å². The second-order valence-electron chi connectivity index (χ2n) is 3.07. The van der Waals surface area contributed by atoms with Gasteiger partial charge in [0.1, 0.15) is 5.82 Å². The minimum atomic E-state index is -0.362. The van der Waals surface area contributed by atoms with Gasteiger partial charge in [-0.3, -0.25) is 9.59 Å². The monoisotopic (exact) mass is 258 g/mol. The highest BCUT2D eigenvalue weighted by atomic mass is 35.5. The molecular formula is C11H15ClN2O3. The van der Waals surface area contributed by atoms with Crippen molar-refractivity contribution in [3.63, 3.8) is 0 Å². The molecule has 5 nitrogen and oxygen atoms in total. The van der Waals surface area contributed by atoms with Gasteiger partial charge in [0.15, 0.2) is 0 Å². The first kappa shape index (κ1) is 15.4. The molecule has 0 radical (unpaired) electrons. The number of hydrogen-bond acceptors (Lipinski definition) is 4. The maximum absolute atomic E-state index is 11.4. The van der Waals surface area contributed by atoms with Crippen LogP contribution >= 0.6 is 12.4 Å². The summed E-state index contributed by atoms with van der Waals surface area (Å²) in [6, 6.07) is 5.21. The Labute approximate surface area is 106 Å². The number of nitrogens with zero attached hydrogens (tertiary/aromatic N) is 1. The zero-order valence-electron chi connectivity index (χ0n) is 9.51. The number of esters is 1. The van der Waals surface area contributed by atoms with Gasteiger partial charge in [0, 0.05) is 12.6 Å². The minimum Gasteiger partial charge on any atom is -0.466 e. The number of nitrogens with one attached hydrogen (secondary N) is 1. The highest BCUT2D eigenvalue weighted by Gasteiger charge is 2.07. The van der Waals surface area contributed by atoms with E-state index in [-0.39, 0.29) is 37.1 Å². The van der Waals surface area contributed by atoms with Gasteiger partial charge in [-0.2, -0.15) is 0 Å². The lowest BCUT2D eigenvalue weighted by atomic mass is 10.3. The van der Waals surface area contributed by atoms with Crippen molar-refractivity contribution in [2.75, 3.05) is 11.9 Å². The third-order valence-electron chi connectivity index (χ3n) is 1.79. The fourth-order valence-corrected chi connectivity index (χ4v) is 1.09. The van der Waals surface area contributed by atoms with Crippen LogP contribution in [0.2, 0.25) is 0 Å². The SMILES string of the molecule is CCOC(=O)CCC(=O)Nc1ccccn1.Cl. The van der Waals surface area contributed by atoms with E-state index in [0.717, 1.165) is 0 Å². The Balaban J connectivity index is 0.00000256. The van der Waals surface area contributed by atoms with Crippen molar-refractivity contribution in [2.45, 2.75) is 19.8 Å². The molecule has 0 fully saturated rings. The van der Waals surface area contributed by atoms with Gasteiger partial charge < -0.3 is 10.1 Å². The zero-order valence-corrected chi connectivity index (χ0v) is 10.3. The van der Waals surface area contributed by atoms with Gasteiger partial charge in [-0.05, 0) is 19.1 Å². The van der Waals surface area contributed by atoms with Gasteiger partial charge in [0.05, 0.1) is 13.0 Å². The zero-order chi connectivity index (χ0) is 11.8. The topological polar surface area (TPSA) is 68.3 Å². The van der Waals surface area contributed by atoms with Gasteiger partial charge in [-0.1, -0.05) is 6.07 Å². The van der Waals surface area contributed by atoms with Crippen LogP contribution in [0.15, 0.2) is 24.4 Å². The summed E-state index contributed by atoms with van der Waals surface area (Å²) in [4.78, 5) is 26.3. The average molecular weight is 259 g/mol. The van der Waals surface area contributed by atoms with E-state index < -0.39 is 0 Å². The molecule has 0 atom stereocenters. The Hall–Kier alpha value is -1.62. The van der Waals surface area contributed by atoms with Gasteiger partial charge in [-0.25, -0.2) is 4.98 Å². The average Bonchev–Trinajstić information content (AvgIpc) is 2.28. The van der Waals surface area contributed by atoms with E-state index in [1.165, 1.54) is 0 Å². The van der Waals surface area contributed by atoms with Crippen molar-refractivity contribution in [1.82, 2.24) is 4.98 Å². The second kappa shape index (κ2) is 8.52. The molecule has 0 aromatic carbocycles. The molecule has 0 aliphatic heterocycles. The van der Waals surface area contributed by atoms with Crippen molar-refractivity contribution in [1.29, 1.82) is 0 Å². The number of carbonyl (C=O) groups is 2. The molecule has 0 aliphatic carbocycles. The minimum absolute atomic E-state index is 0. The van der Waals surface area contributed by atoms with Crippen LogP contribution in [-0.4, -0.2) is 23.5 Å². The Morgan fingerprint density at radius 2 is 2.12 bits per heavy atom.